The van der Waals surface area contributed by atoms with Crippen LogP contribution in [0.5, 0.6) is 6.01 Å². The summed E-state index contributed by atoms with van der Waals surface area (Å²) >= 11 is 6.58. The van der Waals surface area contributed by atoms with E-state index in [2.05, 4.69) is 69.5 Å². The van der Waals surface area contributed by atoms with E-state index in [9.17, 15) is 5.11 Å². The van der Waals surface area contributed by atoms with Crippen LogP contribution in [-0.2, 0) is 4.74 Å². The van der Waals surface area contributed by atoms with E-state index in [0.717, 1.165) is 16.7 Å². The van der Waals surface area contributed by atoms with Crippen molar-refractivity contribution in [2.45, 2.75) is 18.6 Å². The molecule has 0 saturated carbocycles. The highest BCUT2D eigenvalue weighted by atomic mass is 35.5. The molecule has 6 rings (SSSR count). The van der Waals surface area contributed by atoms with Gasteiger partial charge in [-0.2, -0.15) is 4.98 Å². The lowest BCUT2D eigenvalue weighted by Crippen LogP contribution is -2.17. The molecule has 3 heterocycles. The van der Waals surface area contributed by atoms with E-state index in [0.29, 0.717) is 40.9 Å². The number of H-pyrrole nitrogens is 1. The lowest BCUT2D eigenvalue weighted by Gasteiger charge is -2.07. The molecule has 34 heavy (non-hydrogen) atoms. The zero-order valence-electron chi connectivity index (χ0n) is 18.2. The first-order chi connectivity index (χ1) is 16.7. The largest absolute Gasteiger partial charge is 0.459 e. The van der Waals surface area contributed by atoms with Crippen LogP contribution in [0.3, 0.4) is 0 Å². The van der Waals surface area contributed by atoms with E-state index in [4.69, 9.17) is 21.1 Å². The van der Waals surface area contributed by atoms with E-state index in [-0.39, 0.29) is 18.8 Å². The van der Waals surface area contributed by atoms with Gasteiger partial charge in [-0.15, -0.1) is 0 Å². The lowest BCUT2D eigenvalue weighted by molar-refractivity contribution is 0.0528. The normalized spacial score (nSPS) is 18.1. The van der Waals surface area contributed by atoms with Crippen LogP contribution in [-0.4, -0.2) is 45.5 Å². The third-order valence-corrected chi connectivity index (χ3v) is 6.46. The van der Waals surface area contributed by atoms with Gasteiger partial charge in [0.25, 0.3) is 6.01 Å². The molecule has 6 nitrogen and oxygen atoms in total. The van der Waals surface area contributed by atoms with Crippen LogP contribution >= 0.6 is 11.6 Å². The van der Waals surface area contributed by atoms with Crippen LogP contribution in [0.1, 0.15) is 6.42 Å². The van der Waals surface area contributed by atoms with Gasteiger partial charge in [-0.3, -0.25) is 0 Å². The van der Waals surface area contributed by atoms with Gasteiger partial charge in [0.15, 0.2) is 5.65 Å². The fraction of sp³-hybridized carbons (Fsp3) is 0.185. The number of imidazole rings is 1. The van der Waals surface area contributed by atoms with Gasteiger partial charge in [0.05, 0.1) is 35.6 Å². The molecule has 170 valence electrons. The lowest BCUT2D eigenvalue weighted by atomic mass is 9.99. The molecule has 1 aliphatic rings. The first-order valence-electron chi connectivity index (χ1n) is 11.2. The van der Waals surface area contributed by atoms with Gasteiger partial charge in [0.2, 0.25) is 0 Å². The van der Waals surface area contributed by atoms with Crippen LogP contribution in [0.15, 0.2) is 72.8 Å². The second kappa shape index (κ2) is 8.72. The topological polar surface area (TPSA) is 80.3 Å². The molecule has 0 radical (unpaired) electrons. The second-order valence-corrected chi connectivity index (χ2v) is 8.89. The molecular formula is C27H22ClN3O3. The van der Waals surface area contributed by atoms with Gasteiger partial charge in [0.1, 0.15) is 6.10 Å². The van der Waals surface area contributed by atoms with Crippen LogP contribution in [0.2, 0.25) is 5.02 Å². The Hall–Kier alpha value is -3.45. The summed E-state index contributed by atoms with van der Waals surface area (Å²) in [6.07, 6.45) is 0.276. The van der Waals surface area contributed by atoms with E-state index < -0.39 is 0 Å². The quantitative estimate of drug-likeness (QED) is 0.347. The van der Waals surface area contributed by atoms with Gasteiger partial charge >= 0.3 is 0 Å². The number of benzene rings is 3. The Morgan fingerprint density at radius 2 is 1.71 bits per heavy atom. The fourth-order valence-corrected chi connectivity index (χ4v) is 4.64. The first kappa shape index (κ1) is 21.1. The summed E-state index contributed by atoms with van der Waals surface area (Å²) in [5.74, 6) is 0. The maximum atomic E-state index is 9.23. The number of nitrogens with zero attached hydrogens (tertiary/aromatic N) is 2. The second-order valence-electron chi connectivity index (χ2n) is 8.48. The molecule has 2 unspecified atom stereocenters. The molecule has 2 aromatic heterocycles. The van der Waals surface area contributed by atoms with Crippen molar-refractivity contribution in [1.82, 2.24) is 15.0 Å². The average molecular weight is 472 g/mol. The Kier molecular flexibility index (Phi) is 5.41. The molecule has 1 saturated heterocycles. The molecule has 2 N–H and O–H groups in total. The van der Waals surface area contributed by atoms with Crippen molar-refractivity contribution < 1.29 is 14.6 Å². The number of pyridine rings is 1. The molecule has 3 aromatic carbocycles. The Morgan fingerprint density at radius 3 is 2.50 bits per heavy atom. The predicted octanol–water partition coefficient (Wildman–Crippen LogP) is 5.63. The minimum absolute atomic E-state index is 0.0137. The van der Waals surface area contributed by atoms with Crippen molar-refractivity contribution in [2.24, 2.45) is 0 Å². The molecule has 2 atom stereocenters. The van der Waals surface area contributed by atoms with E-state index >= 15 is 0 Å². The van der Waals surface area contributed by atoms with Crippen LogP contribution < -0.4 is 4.74 Å². The minimum Gasteiger partial charge on any atom is -0.459 e. The predicted molar refractivity (Wildman–Crippen MR) is 133 cm³/mol. The van der Waals surface area contributed by atoms with Crippen molar-refractivity contribution in [3.05, 3.63) is 77.8 Å². The summed E-state index contributed by atoms with van der Waals surface area (Å²) < 4.78 is 11.4. The summed E-state index contributed by atoms with van der Waals surface area (Å²) in [7, 11) is 0. The molecule has 0 spiro atoms. The smallest absolute Gasteiger partial charge is 0.296 e. The SMILES string of the molecule is OCC1CC(Oc2nc3nc(-c4ccc(-c5ccc6ccccc6c5)cc4)c(Cl)cc3[nH]2)CO1. The van der Waals surface area contributed by atoms with Gasteiger partial charge < -0.3 is 19.6 Å². The van der Waals surface area contributed by atoms with Gasteiger partial charge in [-0.05, 0) is 34.0 Å². The molecule has 7 heteroatoms. The summed E-state index contributed by atoms with van der Waals surface area (Å²) in [4.78, 5) is 12.3. The number of aliphatic hydroxyl groups excluding tert-OH is 1. The Bertz CT molecular complexity index is 1480. The Balaban J connectivity index is 1.26. The van der Waals surface area contributed by atoms with E-state index in [1.807, 2.05) is 18.2 Å². The van der Waals surface area contributed by atoms with Crippen LogP contribution in [0.25, 0.3) is 44.3 Å². The van der Waals surface area contributed by atoms with E-state index in [1.165, 1.54) is 10.8 Å². The van der Waals surface area contributed by atoms with Crippen molar-refractivity contribution in [3.8, 4) is 28.4 Å². The monoisotopic (exact) mass is 471 g/mol. The number of hydrogen-bond acceptors (Lipinski definition) is 5. The third-order valence-electron chi connectivity index (χ3n) is 6.17. The Morgan fingerprint density at radius 1 is 0.941 bits per heavy atom. The number of aromatic nitrogens is 3. The number of nitrogens with one attached hydrogen (secondary N) is 1. The number of rotatable bonds is 5. The molecule has 5 aromatic rings. The average Bonchev–Trinajstić information content (AvgIpc) is 3.49. The number of fused-ring (bicyclic) bond motifs is 2. The van der Waals surface area contributed by atoms with Crippen molar-refractivity contribution in [3.63, 3.8) is 0 Å². The third kappa shape index (κ3) is 4.01. The molecule has 1 aliphatic heterocycles. The highest BCUT2D eigenvalue weighted by Gasteiger charge is 2.27. The molecular weight excluding hydrogens is 450 g/mol. The van der Waals surface area contributed by atoms with Gasteiger partial charge in [0, 0.05) is 12.0 Å². The molecule has 0 amide bonds. The number of halogens is 1. The van der Waals surface area contributed by atoms with Crippen molar-refractivity contribution >= 4 is 33.5 Å². The fourth-order valence-electron chi connectivity index (χ4n) is 4.38. The zero-order valence-corrected chi connectivity index (χ0v) is 19.0. The van der Waals surface area contributed by atoms with Crippen LogP contribution in [0, 0.1) is 0 Å². The van der Waals surface area contributed by atoms with Gasteiger partial charge in [-0.25, -0.2) is 4.98 Å². The van der Waals surface area contributed by atoms with Gasteiger partial charge in [-0.1, -0.05) is 72.3 Å². The maximum absolute atomic E-state index is 9.23. The van der Waals surface area contributed by atoms with Crippen LogP contribution in [0.4, 0.5) is 0 Å². The molecule has 1 fully saturated rings. The Labute approximate surface area is 201 Å². The number of hydrogen-bond donors (Lipinski definition) is 2. The molecule has 0 bridgehead atoms. The summed E-state index contributed by atoms with van der Waals surface area (Å²) in [6.45, 7) is 0.408. The number of ether oxygens (including phenoxy) is 2. The number of aliphatic hydroxyl groups is 1. The molecule has 0 aliphatic carbocycles. The maximum Gasteiger partial charge on any atom is 0.296 e. The first-order valence-corrected chi connectivity index (χ1v) is 11.6. The number of aromatic amines is 1. The standard InChI is InChI=1S/C27H22ClN3O3/c28-23-13-24-26(31-27(29-24)34-22-12-21(14-32)33-15-22)30-25(23)18-8-5-17(6-9-18)20-10-7-16-3-1-2-4-19(16)11-20/h1-11,13,21-22,32H,12,14-15H2,(H,29,30,31). The van der Waals surface area contributed by atoms with Crippen molar-refractivity contribution in [2.75, 3.05) is 13.2 Å². The minimum atomic E-state index is -0.189. The zero-order chi connectivity index (χ0) is 23.1. The summed E-state index contributed by atoms with van der Waals surface area (Å²) in [6, 6.07) is 25.2. The highest BCUT2D eigenvalue weighted by Crippen LogP contribution is 2.32. The van der Waals surface area contributed by atoms with Crippen molar-refractivity contribution in [1.29, 1.82) is 0 Å². The van der Waals surface area contributed by atoms with E-state index in [1.54, 1.807) is 0 Å². The summed E-state index contributed by atoms with van der Waals surface area (Å²) in [5.41, 5.74) is 5.11. The highest BCUT2D eigenvalue weighted by molar-refractivity contribution is 6.33. The summed E-state index contributed by atoms with van der Waals surface area (Å²) in [5, 5.41) is 12.2.